The minimum atomic E-state index is 0.0190. The normalized spacial score (nSPS) is 21.8. The lowest BCUT2D eigenvalue weighted by Crippen LogP contribution is -2.45. The maximum absolute atomic E-state index is 12.7. The summed E-state index contributed by atoms with van der Waals surface area (Å²) in [4.78, 5) is 16.9. The molecule has 5 heteroatoms. The summed E-state index contributed by atoms with van der Waals surface area (Å²) in [6.45, 7) is 5.36. The average molecular weight is 318 g/mol. The molecule has 1 unspecified atom stereocenters. The number of benzene rings is 1. The number of hydrogen-bond acceptors (Lipinski definition) is 4. The van der Waals surface area contributed by atoms with Crippen LogP contribution in [0.15, 0.2) is 12.1 Å². The Bertz CT molecular complexity index is 582. The van der Waals surface area contributed by atoms with Gasteiger partial charge in [0.15, 0.2) is 11.5 Å². The molecule has 126 valence electrons. The van der Waals surface area contributed by atoms with Crippen molar-refractivity contribution >= 4 is 5.91 Å². The van der Waals surface area contributed by atoms with Gasteiger partial charge in [-0.3, -0.25) is 9.69 Å². The Hall–Kier alpha value is -1.75. The van der Waals surface area contributed by atoms with E-state index in [1.807, 2.05) is 11.0 Å². The Morgan fingerprint density at radius 2 is 2.00 bits per heavy atom. The van der Waals surface area contributed by atoms with E-state index < -0.39 is 0 Å². The number of nitrogens with zero attached hydrogens (tertiary/aromatic N) is 2. The molecule has 0 spiro atoms. The molecule has 1 aromatic carbocycles. The van der Waals surface area contributed by atoms with Crippen molar-refractivity contribution in [1.82, 2.24) is 9.80 Å². The van der Waals surface area contributed by atoms with Crippen LogP contribution in [-0.2, 0) is 11.2 Å². The molecule has 1 atom stereocenters. The summed E-state index contributed by atoms with van der Waals surface area (Å²) in [5, 5.41) is 9.93. The number of ether oxygens (including phenoxy) is 1. The quantitative estimate of drug-likeness (QED) is 0.929. The van der Waals surface area contributed by atoms with Crippen molar-refractivity contribution in [3.8, 4) is 11.5 Å². The Kier molecular flexibility index (Phi) is 4.76. The average Bonchev–Trinajstić information content (AvgIpc) is 2.55. The number of methoxy groups -OCH3 is 1. The molecule has 3 rings (SSSR count). The van der Waals surface area contributed by atoms with Crippen molar-refractivity contribution in [2.24, 2.45) is 0 Å². The number of carbonyl (C=O) groups excluding carboxylic acids is 1. The molecule has 23 heavy (non-hydrogen) atoms. The van der Waals surface area contributed by atoms with Crippen LogP contribution >= 0.6 is 0 Å². The Morgan fingerprint density at radius 1 is 1.26 bits per heavy atom. The van der Waals surface area contributed by atoms with E-state index in [1.54, 1.807) is 13.2 Å². The summed E-state index contributed by atoms with van der Waals surface area (Å²) in [5.41, 5.74) is 2.19. The largest absolute Gasteiger partial charge is 0.504 e. The highest BCUT2D eigenvalue weighted by atomic mass is 16.5. The third-order valence-corrected chi connectivity index (χ3v) is 5.11. The number of piperidine rings is 1. The Balaban J connectivity index is 1.74. The van der Waals surface area contributed by atoms with Crippen molar-refractivity contribution in [2.45, 2.75) is 38.6 Å². The minimum Gasteiger partial charge on any atom is -0.504 e. The van der Waals surface area contributed by atoms with Crippen molar-refractivity contribution in [3.05, 3.63) is 23.3 Å². The van der Waals surface area contributed by atoms with Crippen LogP contribution in [0.3, 0.4) is 0 Å². The van der Waals surface area contributed by atoms with Gasteiger partial charge in [-0.15, -0.1) is 0 Å². The molecule has 0 aliphatic carbocycles. The van der Waals surface area contributed by atoms with E-state index in [0.29, 0.717) is 18.8 Å². The first-order valence-electron chi connectivity index (χ1n) is 8.51. The van der Waals surface area contributed by atoms with Gasteiger partial charge in [0.25, 0.3) is 0 Å². The van der Waals surface area contributed by atoms with Gasteiger partial charge < -0.3 is 14.7 Å². The highest BCUT2D eigenvalue weighted by Crippen LogP contribution is 2.37. The van der Waals surface area contributed by atoms with Gasteiger partial charge in [-0.2, -0.15) is 0 Å². The zero-order valence-corrected chi connectivity index (χ0v) is 14.0. The predicted octanol–water partition coefficient (Wildman–Crippen LogP) is 2.33. The van der Waals surface area contributed by atoms with Gasteiger partial charge in [-0.1, -0.05) is 6.42 Å². The number of phenolic OH excluding ortho intramolecular Hbond substituents is 1. The number of rotatable bonds is 3. The van der Waals surface area contributed by atoms with E-state index in [0.717, 1.165) is 30.6 Å². The number of amides is 1. The van der Waals surface area contributed by atoms with Crippen LogP contribution in [0.4, 0.5) is 0 Å². The second-order valence-electron chi connectivity index (χ2n) is 6.57. The molecule has 2 heterocycles. The van der Waals surface area contributed by atoms with Crippen LogP contribution < -0.4 is 4.74 Å². The molecule has 2 aliphatic heterocycles. The Morgan fingerprint density at radius 3 is 2.70 bits per heavy atom. The minimum absolute atomic E-state index is 0.0190. The summed E-state index contributed by atoms with van der Waals surface area (Å²) in [7, 11) is 1.55. The first-order chi connectivity index (χ1) is 11.1. The van der Waals surface area contributed by atoms with E-state index in [-0.39, 0.29) is 17.7 Å². The monoisotopic (exact) mass is 318 g/mol. The Labute approximate surface area is 137 Å². The van der Waals surface area contributed by atoms with Crippen LogP contribution in [0.1, 0.15) is 43.4 Å². The van der Waals surface area contributed by atoms with Gasteiger partial charge in [0, 0.05) is 6.54 Å². The lowest BCUT2D eigenvalue weighted by Gasteiger charge is -2.37. The van der Waals surface area contributed by atoms with Crippen LogP contribution in [0.2, 0.25) is 0 Å². The van der Waals surface area contributed by atoms with Gasteiger partial charge in [0.1, 0.15) is 0 Å². The summed E-state index contributed by atoms with van der Waals surface area (Å²) >= 11 is 0. The number of carbonyl (C=O) groups is 1. The van der Waals surface area contributed by atoms with Crippen molar-refractivity contribution < 1.29 is 14.6 Å². The molecule has 5 nitrogen and oxygen atoms in total. The molecule has 0 saturated carbocycles. The zero-order chi connectivity index (χ0) is 16.4. The number of aromatic hydroxyl groups is 1. The van der Waals surface area contributed by atoms with Gasteiger partial charge in [-0.05, 0) is 62.5 Å². The van der Waals surface area contributed by atoms with Crippen LogP contribution in [0.5, 0.6) is 11.5 Å². The van der Waals surface area contributed by atoms with Crippen LogP contribution in [0.25, 0.3) is 0 Å². The molecule has 2 aliphatic rings. The number of fused-ring (bicyclic) bond motifs is 1. The van der Waals surface area contributed by atoms with E-state index in [9.17, 15) is 9.90 Å². The molecule has 1 saturated heterocycles. The molecule has 1 fully saturated rings. The lowest BCUT2D eigenvalue weighted by atomic mass is 9.92. The molecule has 1 amide bonds. The summed E-state index contributed by atoms with van der Waals surface area (Å²) in [5.74, 6) is 0.851. The van der Waals surface area contributed by atoms with Crippen LogP contribution in [-0.4, -0.2) is 54.1 Å². The maximum Gasteiger partial charge on any atom is 0.237 e. The predicted molar refractivity (Wildman–Crippen MR) is 88.8 cm³/mol. The molecule has 0 radical (unpaired) electrons. The third kappa shape index (κ3) is 3.29. The second-order valence-corrected chi connectivity index (χ2v) is 6.57. The number of hydrogen-bond donors (Lipinski definition) is 1. The number of phenols is 1. The SMILES string of the molecule is COc1cc2c(cc1O)CCN(C(=O)CN1CCCCC1)C2C. The standard InChI is InChI=1S/C18H26N2O3/c1-13-15-11-17(23-2)16(21)10-14(15)6-9-20(13)18(22)12-19-7-4-3-5-8-19/h10-11,13,21H,3-9,12H2,1-2H3. The molecule has 1 N–H and O–H groups in total. The number of likely N-dealkylation sites (tertiary alicyclic amines) is 1. The first kappa shape index (κ1) is 16.1. The fourth-order valence-electron chi connectivity index (χ4n) is 3.74. The van der Waals surface area contributed by atoms with Gasteiger partial charge in [0.05, 0.1) is 19.7 Å². The molecule has 0 bridgehead atoms. The van der Waals surface area contributed by atoms with Crippen LogP contribution in [0, 0.1) is 0 Å². The van der Waals surface area contributed by atoms with Gasteiger partial charge in [-0.25, -0.2) is 0 Å². The molecule has 1 aromatic rings. The molecular weight excluding hydrogens is 292 g/mol. The van der Waals surface area contributed by atoms with Gasteiger partial charge >= 0.3 is 0 Å². The zero-order valence-electron chi connectivity index (χ0n) is 14.0. The van der Waals surface area contributed by atoms with E-state index in [2.05, 4.69) is 11.8 Å². The van der Waals surface area contributed by atoms with E-state index in [4.69, 9.17) is 4.74 Å². The van der Waals surface area contributed by atoms with E-state index in [1.165, 1.54) is 19.3 Å². The fraction of sp³-hybridized carbons (Fsp3) is 0.611. The molecule has 0 aromatic heterocycles. The summed E-state index contributed by atoms with van der Waals surface area (Å²) in [6, 6.07) is 3.66. The fourth-order valence-corrected chi connectivity index (χ4v) is 3.74. The molecular formula is C18H26N2O3. The smallest absolute Gasteiger partial charge is 0.237 e. The summed E-state index contributed by atoms with van der Waals surface area (Å²) in [6.07, 6.45) is 4.45. The third-order valence-electron chi connectivity index (χ3n) is 5.11. The second kappa shape index (κ2) is 6.79. The topological polar surface area (TPSA) is 53.0 Å². The lowest BCUT2D eigenvalue weighted by molar-refractivity contribution is -0.135. The van der Waals surface area contributed by atoms with E-state index >= 15 is 0 Å². The summed E-state index contributed by atoms with van der Waals surface area (Å²) < 4.78 is 5.21. The van der Waals surface area contributed by atoms with Crippen molar-refractivity contribution in [1.29, 1.82) is 0 Å². The highest BCUT2D eigenvalue weighted by molar-refractivity contribution is 5.79. The van der Waals surface area contributed by atoms with Gasteiger partial charge in [0.2, 0.25) is 5.91 Å². The van der Waals surface area contributed by atoms with Crippen molar-refractivity contribution in [2.75, 3.05) is 33.3 Å². The van der Waals surface area contributed by atoms with Crippen molar-refractivity contribution in [3.63, 3.8) is 0 Å². The maximum atomic E-state index is 12.7. The first-order valence-corrected chi connectivity index (χ1v) is 8.51. The highest BCUT2D eigenvalue weighted by Gasteiger charge is 2.29.